The predicted molar refractivity (Wildman–Crippen MR) is 73.8 cm³/mol. The van der Waals surface area contributed by atoms with Gasteiger partial charge in [0, 0.05) is 13.1 Å². The molecule has 0 spiro atoms. The number of anilines is 1. The van der Waals surface area contributed by atoms with Crippen LogP contribution < -0.4 is 16.0 Å². The number of carbonyl (C=O) groups is 1. The van der Waals surface area contributed by atoms with Crippen LogP contribution in [0.2, 0.25) is 0 Å². The fourth-order valence-electron chi connectivity index (χ4n) is 2.59. The molecule has 1 aliphatic rings. The Kier molecular flexibility index (Phi) is 3.87. The molecule has 1 saturated heterocycles. The molecule has 0 aliphatic carbocycles. The zero-order chi connectivity index (χ0) is 13.1. The van der Waals surface area contributed by atoms with Crippen LogP contribution in [0.4, 0.5) is 10.5 Å². The maximum atomic E-state index is 12.0. The summed E-state index contributed by atoms with van der Waals surface area (Å²) in [4.78, 5) is 13.9. The third-order valence-electron chi connectivity index (χ3n) is 3.51. The van der Waals surface area contributed by atoms with Crippen molar-refractivity contribution in [3.05, 3.63) is 29.3 Å². The van der Waals surface area contributed by atoms with Gasteiger partial charge < -0.3 is 11.1 Å². The molecular weight excluding hydrogens is 226 g/mol. The van der Waals surface area contributed by atoms with E-state index in [1.807, 2.05) is 36.9 Å². The summed E-state index contributed by atoms with van der Waals surface area (Å²) in [5.41, 5.74) is 8.92. The van der Waals surface area contributed by atoms with Crippen LogP contribution in [0.15, 0.2) is 18.2 Å². The zero-order valence-corrected chi connectivity index (χ0v) is 11.1. The maximum Gasteiger partial charge on any atom is 0.321 e. The standard InChI is InChI=1S/C14H21N3O/c1-10-4-3-5-11(2)13(10)17-9-12(6-7-15)8-16-14(17)18/h3-5,12H,6-9,15H2,1-2H3,(H,16,18). The summed E-state index contributed by atoms with van der Waals surface area (Å²) in [5, 5.41) is 2.95. The molecule has 0 saturated carbocycles. The van der Waals surface area contributed by atoms with Gasteiger partial charge in [-0.05, 0) is 43.9 Å². The number of benzene rings is 1. The first kappa shape index (κ1) is 12.9. The summed E-state index contributed by atoms with van der Waals surface area (Å²) in [6.45, 7) is 6.25. The molecule has 4 nitrogen and oxygen atoms in total. The average molecular weight is 247 g/mol. The number of nitrogens with one attached hydrogen (secondary N) is 1. The van der Waals surface area contributed by atoms with Crippen molar-refractivity contribution in [2.24, 2.45) is 11.7 Å². The normalized spacial score (nSPS) is 19.8. The SMILES string of the molecule is Cc1cccc(C)c1N1CC(CCN)CNC1=O. The number of hydrogen-bond donors (Lipinski definition) is 2. The summed E-state index contributed by atoms with van der Waals surface area (Å²) >= 11 is 0. The Morgan fingerprint density at radius 3 is 2.67 bits per heavy atom. The van der Waals surface area contributed by atoms with Crippen LogP contribution in [0.25, 0.3) is 0 Å². The van der Waals surface area contributed by atoms with E-state index in [4.69, 9.17) is 5.73 Å². The van der Waals surface area contributed by atoms with Crippen molar-refractivity contribution in [1.82, 2.24) is 5.32 Å². The van der Waals surface area contributed by atoms with Gasteiger partial charge in [0.25, 0.3) is 0 Å². The van der Waals surface area contributed by atoms with E-state index in [1.54, 1.807) is 0 Å². The monoisotopic (exact) mass is 247 g/mol. The minimum absolute atomic E-state index is 0.000622. The predicted octanol–water partition coefficient (Wildman–Crippen LogP) is 1.80. The van der Waals surface area contributed by atoms with Crippen molar-refractivity contribution in [3.8, 4) is 0 Å². The molecule has 2 rings (SSSR count). The van der Waals surface area contributed by atoms with Gasteiger partial charge in [0.1, 0.15) is 0 Å². The largest absolute Gasteiger partial charge is 0.337 e. The molecule has 0 radical (unpaired) electrons. The van der Waals surface area contributed by atoms with Crippen LogP contribution >= 0.6 is 0 Å². The first-order valence-corrected chi connectivity index (χ1v) is 6.45. The van der Waals surface area contributed by atoms with Crippen molar-refractivity contribution < 1.29 is 4.79 Å². The number of rotatable bonds is 3. The molecule has 98 valence electrons. The molecule has 1 aromatic carbocycles. The summed E-state index contributed by atoms with van der Waals surface area (Å²) < 4.78 is 0. The highest BCUT2D eigenvalue weighted by atomic mass is 16.2. The van der Waals surface area contributed by atoms with E-state index >= 15 is 0 Å². The zero-order valence-electron chi connectivity index (χ0n) is 11.1. The molecule has 1 aromatic rings. The number of carbonyl (C=O) groups excluding carboxylic acids is 1. The van der Waals surface area contributed by atoms with Gasteiger partial charge >= 0.3 is 6.03 Å². The van der Waals surface area contributed by atoms with Crippen molar-refractivity contribution in [3.63, 3.8) is 0 Å². The average Bonchev–Trinajstić information content (AvgIpc) is 2.33. The van der Waals surface area contributed by atoms with E-state index in [-0.39, 0.29) is 6.03 Å². The second-order valence-corrected chi connectivity index (χ2v) is 4.98. The van der Waals surface area contributed by atoms with Gasteiger partial charge in [-0.15, -0.1) is 0 Å². The molecule has 3 N–H and O–H groups in total. The summed E-state index contributed by atoms with van der Waals surface area (Å²) in [6, 6.07) is 6.11. The van der Waals surface area contributed by atoms with Crippen LogP contribution in [-0.2, 0) is 0 Å². The van der Waals surface area contributed by atoms with Gasteiger partial charge in [-0.3, -0.25) is 4.90 Å². The maximum absolute atomic E-state index is 12.0. The first-order chi connectivity index (χ1) is 8.63. The number of amides is 2. The second kappa shape index (κ2) is 5.40. The highest BCUT2D eigenvalue weighted by Gasteiger charge is 2.27. The smallest absolute Gasteiger partial charge is 0.321 e. The fourth-order valence-corrected chi connectivity index (χ4v) is 2.59. The van der Waals surface area contributed by atoms with Crippen molar-refractivity contribution in [2.45, 2.75) is 20.3 Å². The molecule has 0 aromatic heterocycles. The van der Waals surface area contributed by atoms with E-state index in [0.717, 1.165) is 36.3 Å². The van der Waals surface area contributed by atoms with E-state index in [0.29, 0.717) is 12.5 Å². The Morgan fingerprint density at radius 1 is 1.39 bits per heavy atom. The van der Waals surface area contributed by atoms with Crippen LogP contribution in [0.5, 0.6) is 0 Å². The van der Waals surface area contributed by atoms with Gasteiger partial charge in [0.15, 0.2) is 0 Å². The molecule has 1 heterocycles. The van der Waals surface area contributed by atoms with Crippen LogP contribution in [0.1, 0.15) is 17.5 Å². The Hall–Kier alpha value is -1.55. The molecule has 4 heteroatoms. The van der Waals surface area contributed by atoms with Crippen LogP contribution in [0, 0.1) is 19.8 Å². The molecule has 1 aliphatic heterocycles. The Morgan fingerprint density at radius 2 is 2.06 bits per heavy atom. The third kappa shape index (κ3) is 2.48. The molecule has 18 heavy (non-hydrogen) atoms. The fraction of sp³-hybridized carbons (Fsp3) is 0.500. The minimum atomic E-state index is 0.000622. The second-order valence-electron chi connectivity index (χ2n) is 4.98. The number of aryl methyl sites for hydroxylation is 2. The van der Waals surface area contributed by atoms with Gasteiger partial charge in [-0.2, -0.15) is 0 Å². The number of nitrogens with zero attached hydrogens (tertiary/aromatic N) is 1. The minimum Gasteiger partial charge on any atom is -0.337 e. The highest BCUT2D eigenvalue weighted by Crippen LogP contribution is 2.27. The highest BCUT2D eigenvalue weighted by molar-refractivity contribution is 5.94. The van der Waals surface area contributed by atoms with Gasteiger partial charge in [-0.1, -0.05) is 18.2 Å². The molecule has 1 unspecified atom stereocenters. The molecular formula is C14H21N3O. The van der Waals surface area contributed by atoms with Gasteiger partial charge in [0.2, 0.25) is 0 Å². The summed E-state index contributed by atoms with van der Waals surface area (Å²) in [7, 11) is 0. The lowest BCUT2D eigenvalue weighted by Crippen LogP contribution is -2.52. The number of urea groups is 1. The van der Waals surface area contributed by atoms with Crippen molar-refractivity contribution >= 4 is 11.7 Å². The van der Waals surface area contributed by atoms with E-state index in [1.165, 1.54) is 0 Å². The lowest BCUT2D eigenvalue weighted by molar-refractivity contribution is 0.236. The van der Waals surface area contributed by atoms with Crippen molar-refractivity contribution in [1.29, 1.82) is 0 Å². The van der Waals surface area contributed by atoms with Gasteiger partial charge in [0.05, 0.1) is 5.69 Å². The van der Waals surface area contributed by atoms with E-state index in [2.05, 4.69) is 5.32 Å². The van der Waals surface area contributed by atoms with Crippen LogP contribution in [-0.4, -0.2) is 25.7 Å². The first-order valence-electron chi connectivity index (χ1n) is 6.45. The lowest BCUT2D eigenvalue weighted by Gasteiger charge is -2.34. The number of para-hydroxylation sites is 1. The number of hydrogen-bond acceptors (Lipinski definition) is 2. The van der Waals surface area contributed by atoms with Crippen molar-refractivity contribution in [2.75, 3.05) is 24.5 Å². The van der Waals surface area contributed by atoms with Gasteiger partial charge in [-0.25, -0.2) is 4.79 Å². The molecule has 1 fully saturated rings. The topological polar surface area (TPSA) is 58.4 Å². The summed E-state index contributed by atoms with van der Waals surface area (Å²) in [5.74, 6) is 0.437. The molecule has 2 amide bonds. The Balaban J connectivity index is 2.27. The van der Waals surface area contributed by atoms with E-state index < -0.39 is 0 Å². The summed E-state index contributed by atoms with van der Waals surface area (Å²) in [6.07, 6.45) is 0.946. The number of nitrogens with two attached hydrogens (primary N) is 1. The Bertz CT molecular complexity index is 424. The molecule has 0 bridgehead atoms. The third-order valence-corrected chi connectivity index (χ3v) is 3.51. The molecule has 1 atom stereocenters. The lowest BCUT2D eigenvalue weighted by atomic mass is 10.0. The van der Waals surface area contributed by atoms with Crippen LogP contribution in [0.3, 0.4) is 0 Å². The Labute approximate surface area is 108 Å². The quantitative estimate of drug-likeness (QED) is 0.855. The van der Waals surface area contributed by atoms with E-state index in [9.17, 15) is 4.79 Å².